The summed E-state index contributed by atoms with van der Waals surface area (Å²) in [6.45, 7) is 0.126. The number of carbonyl (C=O) groups excluding carboxylic acids is 3. The molecule has 4 rings (SSSR count). The molecule has 8 nitrogen and oxygen atoms in total. The first-order valence-electron chi connectivity index (χ1n) is 10.3. The molecule has 1 atom stereocenters. The Kier molecular flexibility index (Phi) is 5.79. The largest absolute Gasteiger partial charge is 0.493 e. The van der Waals surface area contributed by atoms with Crippen molar-refractivity contribution in [3.63, 3.8) is 0 Å². The van der Waals surface area contributed by atoms with Crippen LogP contribution in [-0.2, 0) is 21.5 Å². The number of urea groups is 1. The van der Waals surface area contributed by atoms with E-state index in [2.05, 4.69) is 10.6 Å². The molecule has 0 radical (unpaired) electrons. The van der Waals surface area contributed by atoms with E-state index < -0.39 is 17.5 Å². The fourth-order valence-electron chi connectivity index (χ4n) is 4.24. The molecule has 2 aromatic carbocycles. The van der Waals surface area contributed by atoms with E-state index in [1.807, 2.05) is 36.4 Å². The van der Waals surface area contributed by atoms with E-state index in [0.717, 1.165) is 28.9 Å². The first-order chi connectivity index (χ1) is 15.0. The normalized spacial score (nSPS) is 19.7. The van der Waals surface area contributed by atoms with Crippen LogP contribution in [0.1, 0.15) is 24.0 Å². The summed E-state index contributed by atoms with van der Waals surface area (Å²) in [6.07, 6.45) is 2.19. The summed E-state index contributed by atoms with van der Waals surface area (Å²) in [6, 6.07) is 14.3. The van der Waals surface area contributed by atoms with Crippen LogP contribution in [0.4, 0.5) is 4.79 Å². The first kappa shape index (κ1) is 20.7. The van der Waals surface area contributed by atoms with E-state index in [0.29, 0.717) is 17.9 Å². The van der Waals surface area contributed by atoms with E-state index >= 15 is 0 Å². The van der Waals surface area contributed by atoms with Gasteiger partial charge in [0.05, 0.1) is 13.7 Å². The van der Waals surface area contributed by atoms with Crippen molar-refractivity contribution in [2.45, 2.75) is 24.8 Å². The number of nitrogens with zero attached hydrogens (tertiary/aromatic N) is 1. The van der Waals surface area contributed by atoms with E-state index in [1.165, 1.54) is 0 Å². The van der Waals surface area contributed by atoms with Gasteiger partial charge in [-0.1, -0.05) is 36.4 Å². The third kappa shape index (κ3) is 3.93. The average Bonchev–Trinajstić information content (AvgIpc) is 3.02. The summed E-state index contributed by atoms with van der Waals surface area (Å²) in [5.74, 6) is 0.385. The van der Waals surface area contributed by atoms with Gasteiger partial charge in [-0.3, -0.25) is 14.5 Å². The number of nitrogens with one attached hydrogen (secondary N) is 2. The molecule has 0 bridgehead atoms. The highest BCUT2D eigenvalue weighted by molar-refractivity contribution is 6.09. The predicted octanol–water partition coefficient (Wildman–Crippen LogP) is 1.97. The molecular weight excluding hydrogens is 398 g/mol. The smallest absolute Gasteiger partial charge is 0.325 e. The maximum Gasteiger partial charge on any atom is 0.325 e. The van der Waals surface area contributed by atoms with Crippen molar-refractivity contribution in [1.29, 1.82) is 0 Å². The highest BCUT2D eigenvalue weighted by Crippen LogP contribution is 2.39. The fraction of sp³-hybridized carbons (Fsp3) is 0.348. The SMILES string of the molecule is COc1ccccc1OCCNC(=O)CN1C(=O)N[C@@]2(CCCc3ccccc32)C1=O. The van der Waals surface area contributed by atoms with Crippen molar-refractivity contribution in [3.05, 3.63) is 59.7 Å². The number of aryl methyl sites for hydroxylation is 1. The van der Waals surface area contributed by atoms with Crippen molar-refractivity contribution < 1.29 is 23.9 Å². The van der Waals surface area contributed by atoms with Gasteiger partial charge in [0.2, 0.25) is 5.91 Å². The Morgan fingerprint density at radius 1 is 1.13 bits per heavy atom. The van der Waals surface area contributed by atoms with Crippen LogP contribution in [0.5, 0.6) is 11.5 Å². The maximum atomic E-state index is 13.2. The molecule has 1 aliphatic heterocycles. The van der Waals surface area contributed by atoms with Gasteiger partial charge in [-0.05, 0) is 42.5 Å². The van der Waals surface area contributed by atoms with E-state index in [9.17, 15) is 14.4 Å². The second-order valence-electron chi connectivity index (χ2n) is 7.59. The molecule has 1 aliphatic carbocycles. The Bertz CT molecular complexity index is 1010. The number of ether oxygens (including phenoxy) is 2. The van der Waals surface area contributed by atoms with Gasteiger partial charge < -0.3 is 20.1 Å². The minimum Gasteiger partial charge on any atom is -0.493 e. The Morgan fingerprint density at radius 3 is 2.68 bits per heavy atom. The van der Waals surface area contributed by atoms with Crippen molar-refractivity contribution >= 4 is 17.8 Å². The number of imide groups is 1. The second kappa shape index (κ2) is 8.67. The Hall–Kier alpha value is -3.55. The average molecular weight is 423 g/mol. The molecular formula is C23H25N3O5. The minimum atomic E-state index is -1.07. The van der Waals surface area contributed by atoms with Gasteiger partial charge in [-0.25, -0.2) is 4.79 Å². The highest BCUT2D eigenvalue weighted by atomic mass is 16.5. The lowest BCUT2D eigenvalue weighted by Gasteiger charge is -2.33. The molecule has 1 spiro atoms. The van der Waals surface area contributed by atoms with E-state index in [-0.39, 0.29) is 25.6 Å². The predicted molar refractivity (Wildman–Crippen MR) is 113 cm³/mol. The molecule has 0 saturated carbocycles. The van der Waals surface area contributed by atoms with E-state index in [1.54, 1.807) is 19.2 Å². The van der Waals surface area contributed by atoms with Gasteiger partial charge in [0.25, 0.3) is 5.91 Å². The summed E-state index contributed by atoms with van der Waals surface area (Å²) in [5, 5.41) is 5.54. The van der Waals surface area contributed by atoms with Crippen LogP contribution in [-0.4, -0.2) is 49.6 Å². The number of hydrogen-bond acceptors (Lipinski definition) is 5. The first-order valence-corrected chi connectivity index (χ1v) is 10.3. The molecule has 2 N–H and O–H groups in total. The van der Waals surface area contributed by atoms with Crippen LogP contribution < -0.4 is 20.1 Å². The fourth-order valence-corrected chi connectivity index (χ4v) is 4.24. The molecule has 1 heterocycles. The standard InChI is InChI=1S/C23H25N3O5/c1-30-18-10-4-5-11-19(18)31-14-13-24-20(27)15-26-21(28)23(25-22(26)29)12-6-8-16-7-2-3-9-17(16)23/h2-5,7,9-11H,6,8,12-15H2,1H3,(H,24,27)(H,25,29)/t23-/m1/s1. The molecule has 162 valence electrons. The molecule has 1 saturated heterocycles. The number of methoxy groups -OCH3 is 1. The van der Waals surface area contributed by atoms with Crippen LogP contribution in [0.25, 0.3) is 0 Å². The molecule has 2 aliphatic rings. The number of rotatable bonds is 7. The number of amides is 4. The van der Waals surface area contributed by atoms with Crippen LogP contribution in [0.15, 0.2) is 48.5 Å². The summed E-state index contributed by atoms with van der Waals surface area (Å²) in [4.78, 5) is 39.1. The van der Waals surface area contributed by atoms with E-state index in [4.69, 9.17) is 9.47 Å². The van der Waals surface area contributed by atoms with Gasteiger partial charge in [-0.15, -0.1) is 0 Å². The minimum absolute atomic E-state index is 0.226. The monoisotopic (exact) mass is 423 g/mol. The van der Waals surface area contributed by atoms with Crippen LogP contribution in [0.2, 0.25) is 0 Å². The molecule has 0 aromatic heterocycles. The zero-order valence-electron chi connectivity index (χ0n) is 17.3. The van der Waals surface area contributed by atoms with Gasteiger partial charge in [0, 0.05) is 0 Å². The molecule has 0 unspecified atom stereocenters. The third-order valence-electron chi connectivity index (χ3n) is 5.70. The van der Waals surface area contributed by atoms with Gasteiger partial charge in [0.1, 0.15) is 18.7 Å². The Labute approximate surface area is 180 Å². The lowest BCUT2D eigenvalue weighted by atomic mass is 9.76. The van der Waals surface area contributed by atoms with Crippen LogP contribution >= 0.6 is 0 Å². The topological polar surface area (TPSA) is 97.0 Å². The quantitative estimate of drug-likeness (QED) is 0.524. The zero-order valence-corrected chi connectivity index (χ0v) is 17.3. The number of carbonyl (C=O) groups is 3. The lowest BCUT2D eigenvalue weighted by Crippen LogP contribution is -2.47. The number of para-hydroxylation sites is 2. The van der Waals surface area contributed by atoms with Gasteiger partial charge in [0.15, 0.2) is 11.5 Å². The molecule has 4 amide bonds. The van der Waals surface area contributed by atoms with Crippen LogP contribution in [0, 0.1) is 0 Å². The number of fused-ring (bicyclic) bond motifs is 2. The maximum absolute atomic E-state index is 13.2. The van der Waals surface area contributed by atoms with Crippen molar-refractivity contribution in [2.75, 3.05) is 26.8 Å². The van der Waals surface area contributed by atoms with Crippen molar-refractivity contribution in [2.24, 2.45) is 0 Å². The Morgan fingerprint density at radius 2 is 1.87 bits per heavy atom. The molecule has 1 fully saturated rings. The zero-order chi connectivity index (χ0) is 21.8. The highest BCUT2D eigenvalue weighted by Gasteiger charge is 2.54. The summed E-state index contributed by atoms with van der Waals surface area (Å²) >= 11 is 0. The summed E-state index contributed by atoms with van der Waals surface area (Å²) in [5.41, 5.74) is 0.814. The number of hydrogen-bond donors (Lipinski definition) is 2. The van der Waals surface area contributed by atoms with Gasteiger partial charge in [-0.2, -0.15) is 0 Å². The molecule has 2 aromatic rings. The summed E-state index contributed by atoms with van der Waals surface area (Å²) in [7, 11) is 1.56. The lowest BCUT2D eigenvalue weighted by molar-refractivity contribution is -0.135. The molecule has 31 heavy (non-hydrogen) atoms. The number of benzene rings is 2. The summed E-state index contributed by atoms with van der Waals surface area (Å²) < 4.78 is 10.8. The van der Waals surface area contributed by atoms with Crippen LogP contribution in [0.3, 0.4) is 0 Å². The molecule has 8 heteroatoms. The van der Waals surface area contributed by atoms with Crippen molar-refractivity contribution in [1.82, 2.24) is 15.5 Å². The Balaban J connectivity index is 1.34. The second-order valence-corrected chi connectivity index (χ2v) is 7.59. The third-order valence-corrected chi connectivity index (χ3v) is 5.70. The van der Waals surface area contributed by atoms with Gasteiger partial charge >= 0.3 is 6.03 Å². The van der Waals surface area contributed by atoms with Crippen molar-refractivity contribution in [3.8, 4) is 11.5 Å².